The molecular formula is C6H10F2O. The van der Waals surface area contributed by atoms with Gasteiger partial charge in [0.05, 0.1) is 13.2 Å². The quantitative estimate of drug-likeness (QED) is 0.411. The lowest BCUT2D eigenvalue weighted by Gasteiger charge is -2.01. The predicted octanol–water partition coefficient (Wildman–Crippen LogP) is 1.50. The highest BCUT2D eigenvalue weighted by atomic mass is 19.2. The fourth-order valence-electron chi connectivity index (χ4n) is 0.324. The molecule has 0 rings (SSSR count). The first-order valence-corrected chi connectivity index (χ1v) is 2.70. The summed E-state index contributed by atoms with van der Waals surface area (Å²) in [7, 11) is 0. The van der Waals surface area contributed by atoms with Crippen LogP contribution in [0.3, 0.4) is 0 Å². The average molecular weight is 136 g/mol. The van der Waals surface area contributed by atoms with Crippen LogP contribution >= 0.6 is 0 Å². The summed E-state index contributed by atoms with van der Waals surface area (Å²) in [6, 6.07) is 0. The topological polar surface area (TPSA) is 9.23 Å². The van der Waals surface area contributed by atoms with Gasteiger partial charge < -0.3 is 4.74 Å². The molecule has 0 amide bonds. The van der Waals surface area contributed by atoms with E-state index in [4.69, 9.17) is 0 Å². The molecule has 0 aliphatic heterocycles. The van der Waals surface area contributed by atoms with Crippen molar-refractivity contribution in [2.24, 2.45) is 0 Å². The Kier molecular flexibility index (Phi) is 5.41. The molecule has 1 atom stereocenters. The number of hydrogen-bond donors (Lipinski definition) is 0. The Morgan fingerprint density at radius 1 is 1.67 bits per heavy atom. The molecule has 0 saturated heterocycles. The number of ether oxygens (including phenoxy) is 1. The molecule has 0 aromatic carbocycles. The molecule has 0 aromatic heterocycles. The maximum absolute atomic E-state index is 11.9. The SMILES string of the molecule is C=CCOCC(F)CF. The van der Waals surface area contributed by atoms with Gasteiger partial charge in [0.15, 0.2) is 6.17 Å². The van der Waals surface area contributed by atoms with Crippen molar-refractivity contribution < 1.29 is 13.5 Å². The molecule has 1 unspecified atom stereocenters. The molecule has 0 fully saturated rings. The average Bonchev–Trinajstić information content (AvgIpc) is 1.89. The number of hydrogen-bond acceptors (Lipinski definition) is 1. The first-order chi connectivity index (χ1) is 4.31. The number of halogens is 2. The van der Waals surface area contributed by atoms with Crippen LogP contribution < -0.4 is 0 Å². The Balaban J connectivity index is 2.96. The van der Waals surface area contributed by atoms with E-state index in [2.05, 4.69) is 11.3 Å². The van der Waals surface area contributed by atoms with Crippen LogP contribution in [0.25, 0.3) is 0 Å². The second-order valence-corrected chi connectivity index (χ2v) is 1.58. The third-order valence-electron chi connectivity index (χ3n) is 0.702. The van der Waals surface area contributed by atoms with E-state index in [9.17, 15) is 8.78 Å². The molecule has 1 nitrogen and oxygen atoms in total. The van der Waals surface area contributed by atoms with Gasteiger partial charge in [0.1, 0.15) is 6.67 Å². The zero-order valence-corrected chi connectivity index (χ0v) is 5.15. The maximum atomic E-state index is 11.9. The van der Waals surface area contributed by atoms with Crippen molar-refractivity contribution >= 4 is 0 Å². The summed E-state index contributed by atoms with van der Waals surface area (Å²) in [4.78, 5) is 0. The van der Waals surface area contributed by atoms with E-state index in [0.717, 1.165) is 0 Å². The lowest BCUT2D eigenvalue weighted by Crippen LogP contribution is -2.11. The molecule has 0 saturated carbocycles. The van der Waals surface area contributed by atoms with Crippen LogP contribution in [-0.4, -0.2) is 26.1 Å². The van der Waals surface area contributed by atoms with Gasteiger partial charge in [-0.1, -0.05) is 6.08 Å². The molecule has 0 aliphatic carbocycles. The van der Waals surface area contributed by atoms with E-state index in [1.54, 1.807) is 0 Å². The van der Waals surface area contributed by atoms with Gasteiger partial charge in [0.2, 0.25) is 0 Å². The normalized spacial score (nSPS) is 13.1. The van der Waals surface area contributed by atoms with Crippen molar-refractivity contribution in [1.82, 2.24) is 0 Å². The molecule has 0 heterocycles. The molecule has 54 valence electrons. The van der Waals surface area contributed by atoms with Crippen LogP contribution in [0, 0.1) is 0 Å². The Bertz CT molecular complexity index is 75.5. The molecule has 0 bridgehead atoms. The highest BCUT2D eigenvalue weighted by Gasteiger charge is 2.02. The molecular weight excluding hydrogens is 126 g/mol. The van der Waals surface area contributed by atoms with Gasteiger partial charge in [-0.15, -0.1) is 6.58 Å². The first-order valence-electron chi connectivity index (χ1n) is 2.70. The Hall–Kier alpha value is -0.440. The van der Waals surface area contributed by atoms with Crippen molar-refractivity contribution in [2.45, 2.75) is 6.17 Å². The number of alkyl halides is 2. The third-order valence-corrected chi connectivity index (χ3v) is 0.702. The van der Waals surface area contributed by atoms with E-state index in [1.165, 1.54) is 6.08 Å². The van der Waals surface area contributed by atoms with E-state index in [1.807, 2.05) is 0 Å². The summed E-state index contributed by atoms with van der Waals surface area (Å²) in [6.07, 6.45) is 0.00950. The Labute approximate surface area is 53.3 Å². The second-order valence-electron chi connectivity index (χ2n) is 1.58. The fraction of sp³-hybridized carbons (Fsp3) is 0.667. The molecule has 0 aromatic rings. The first kappa shape index (κ1) is 8.56. The summed E-state index contributed by atoms with van der Waals surface area (Å²) in [6.45, 7) is 2.47. The Morgan fingerprint density at radius 2 is 2.33 bits per heavy atom. The second kappa shape index (κ2) is 5.69. The third kappa shape index (κ3) is 5.43. The molecule has 0 aliphatic rings. The summed E-state index contributed by atoms with van der Waals surface area (Å²) in [5, 5.41) is 0. The highest BCUT2D eigenvalue weighted by molar-refractivity contribution is 4.64. The smallest absolute Gasteiger partial charge is 0.152 e. The van der Waals surface area contributed by atoms with Crippen LogP contribution in [0.5, 0.6) is 0 Å². The van der Waals surface area contributed by atoms with Gasteiger partial charge in [0.25, 0.3) is 0 Å². The minimum atomic E-state index is -1.48. The van der Waals surface area contributed by atoms with Crippen LogP contribution in [0.2, 0.25) is 0 Å². The van der Waals surface area contributed by atoms with Crippen molar-refractivity contribution in [1.29, 1.82) is 0 Å². The summed E-state index contributed by atoms with van der Waals surface area (Å²) < 4.78 is 27.9. The van der Waals surface area contributed by atoms with Crippen LogP contribution in [0.15, 0.2) is 12.7 Å². The van der Waals surface area contributed by atoms with E-state index in [0.29, 0.717) is 0 Å². The van der Waals surface area contributed by atoms with Gasteiger partial charge in [-0.2, -0.15) is 0 Å². The van der Waals surface area contributed by atoms with E-state index < -0.39 is 12.8 Å². The molecule has 0 radical (unpaired) electrons. The van der Waals surface area contributed by atoms with Crippen molar-refractivity contribution in [3.8, 4) is 0 Å². The van der Waals surface area contributed by atoms with Gasteiger partial charge >= 0.3 is 0 Å². The minimum absolute atomic E-state index is 0.178. The fourth-order valence-corrected chi connectivity index (χ4v) is 0.324. The zero-order valence-electron chi connectivity index (χ0n) is 5.15. The van der Waals surface area contributed by atoms with Crippen molar-refractivity contribution in [2.75, 3.05) is 19.9 Å². The largest absolute Gasteiger partial charge is 0.374 e. The van der Waals surface area contributed by atoms with Gasteiger partial charge in [-0.25, -0.2) is 8.78 Å². The highest BCUT2D eigenvalue weighted by Crippen LogP contribution is 1.91. The summed E-state index contributed by atoms with van der Waals surface area (Å²) >= 11 is 0. The minimum Gasteiger partial charge on any atom is -0.374 e. The van der Waals surface area contributed by atoms with Crippen molar-refractivity contribution in [3.63, 3.8) is 0 Å². The van der Waals surface area contributed by atoms with Crippen molar-refractivity contribution in [3.05, 3.63) is 12.7 Å². The summed E-state index contributed by atoms with van der Waals surface area (Å²) in [5.74, 6) is 0. The van der Waals surface area contributed by atoms with Gasteiger partial charge in [-0.3, -0.25) is 0 Å². The van der Waals surface area contributed by atoms with E-state index in [-0.39, 0.29) is 13.2 Å². The van der Waals surface area contributed by atoms with Gasteiger partial charge in [-0.05, 0) is 0 Å². The molecule has 0 N–H and O–H groups in total. The van der Waals surface area contributed by atoms with Crippen LogP contribution in [-0.2, 0) is 4.74 Å². The standard InChI is InChI=1S/C6H10F2O/c1-2-3-9-5-6(8)4-7/h2,6H,1,3-5H2. The van der Waals surface area contributed by atoms with E-state index >= 15 is 0 Å². The monoisotopic (exact) mass is 136 g/mol. The maximum Gasteiger partial charge on any atom is 0.152 e. The lowest BCUT2D eigenvalue weighted by molar-refractivity contribution is 0.0865. The molecule has 0 spiro atoms. The predicted molar refractivity (Wildman–Crippen MR) is 31.9 cm³/mol. The number of rotatable bonds is 5. The molecule has 3 heteroatoms. The Morgan fingerprint density at radius 3 is 2.78 bits per heavy atom. The lowest BCUT2D eigenvalue weighted by atomic mass is 10.4. The van der Waals surface area contributed by atoms with Crippen LogP contribution in [0.1, 0.15) is 0 Å². The zero-order chi connectivity index (χ0) is 7.11. The van der Waals surface area contributed by atoms with Crippen LogP contribution in [0.4, 0.5) is 8.78 Å². The summed E-state index contributed by atoms with van der Waals surface area (Å²) in [5.41, 5.74) is 0. The van der Waals surface area contributed by atoms with Gasteiger partial charge in [0, 0.05) is 0 Å². The molecule has 9 heavy (non-hydrogen) atoms.